The summed E-state index contributed by atoms with van der Waals surface area (Å²) in [7, 11) is 2.01. The molecular formula is C29H31N4O4+. The summed E-state index contributed by atoms with van der Waals surface area (Å²) in [4.78, 5) is 23.6. The van der Waals surface area contributed by atoms with Crippen molar-refractivity contribution in [3.63, 3.8) is 0 Å². The van der Waals surface area contributed by atoms with Gasteiger partial charge in [-0.3, -0.25) is 9.28 Å². The second-order valence-corrected chi connectivity index (χ2v) is 9.52. The summed E-state index contributed by atoms with van der Waals surface area (Å²) < 4.78 is 5.92. The topological polar surface area (TPSA) is 100 Å². The first kappa shape index (κ1) is 25.8. The zero-order valence-electron chi connectivity index (χ0n) is 21.2. The van der Waals surface area contributed by atoms with Crippen molar-refractivity contribution in [2.75, 3.05) is 13.6 Å². The number of carboxylic acids is 1. The van der Waals surface area contributed by atoms with E-state index in [1.807, 2.05) is 87.6 Å². The maximum atomic E-state index is 12.7. The molecule has 0 spiro atoms. The maximum absolute atomic E-state index is 12.7. The molecule has 8 nitrogen and oxygen atoms in total. The van der Waals surface area contributed by atoms with Crippen molar-refractivity contribution < 1.29 is 23.9 Å². The number of benzene rings is 3. The summed E-state index contributed by atoms with van der Waals surface area (Å²) in [6, 6.07) is 25.3. The lowest BCUT2D eigenvalue weighted by Crippen LogP contribution is -2.59. The number of alkyl carbamates (subject to hydrolysis) is 1. The Bertz CT molecular complexity index is 1320. The first-order valence-corrected chi connectivity index (χ1v) is 12.1. The molecule has 0 fully saturated rings. The molecule has 4 rings (SSSR count). The zero-order valence-corrected chi connectivity index (χ0v) is 21.2. The van der Waals surface area contributed by atoms with Gasteiger partial charge in [0.25, 0.3) is 0 Å². The van der Waals surface area contributed by atoms with E-state index in [9.17, 15) is 9.59 Å². The van der Waals surface area contributed by atoms with E-state index >= 15 is 0 Å². The first-order valence-electron chi connectivity index (χ1n) is 12.1. The van der Waals surface area contributed by atoms with Crippen LogP contribution in [0, 0.1) is 0 Å². The van der Waals surface area contributed by atoms with Crippen LogP contribution in [0.5, 0.6) is 0 Å². The highest BCUT2D eigenvalue weighted by Gasteiger charge is 2.36. The lowest BCUT2D eigenvalue weighted by molar-refractivity contribution is -0.828. The second-order valence-electron chi connectivity index (χ2n) is 9.52. The number of carbonyl (C=O) groups is 2. The fourth-order valence-electron chi connectivity index (χ4n) is 4.41. The Hall–Kier alpha value is -4.30. The molecule has 1 aliphatic heterocycles. The number of aliphatic carboxylic acids is 1. The Morgan fingerprint density at radius 2 is 1.54 bits per heavy atom. The van der Waals surface area contributed by atoms with Gasteiger partial charge in [-0.1, -0.05) is 84.0 Å². The number of carboxylic acid groups (broad SMARTS) is 1. The van der Waals surface area contributed by atoms with E-state index in [-0.39, 0.29) is 6.42 Å². The van der Waals surface area contributed by atoms with Crippen LogP contribution in [0.2, 0.25) is 0 Å². The van der Waals surface area contributed by atoms with Crippen molar-refractivity contribution in [2.45, 2.75) is 32.9 Å². The normalized spacial score (nSPS) is 17.8. The summed E-state index contributed by atoms with van der Waals surface area (Å²) in [5.74, 6) is -0.419. The van der Waals surface area contributed by atoms with Crippen LogP contribution in [0.25, 0.3) is 11.1 Å². The van der Waals surface area contributed by atoms with Crippen LogP contribution < -0.4 is 5.32 Å². The Morgan fingerprint density at radius 3 is 2.14 bits per heavy atom. The van der Waals surface area contributed by atoms with E-state index in [1.54, 1.807) is 0 Å². The molecule has 0 saturated carbocycles. The van der Waals surface area contributed by atoms with Gasteiger partial charge in [0, 0.05) is 5.56 Å². The van der Waals surface area contributed by atoms with Gasteiger partial charge in [0.1, 0.15) is 19.2 Å². The van der Waals surface area contributed by atoms with Gasteiger partial charge in [0.15, 0.2) is 0 Å². The van der Waals surface area contributed by atoms with Crippen LogP contribution in [-0.2, 0) is 22.5 Å². The second kappa shape index (κ2) is 11.2. The maximum Gasteiger partial charge on any atom is 0.417 e. The Balaban J connectivity index is 1.44. The molecule has 3 aromatic rings. The number of nitrogens with one attached hydrogen (secondary N) is 1. The molecule has 0 bridgehead atoms. The molecule has 1 amide bonds. The van der Waals surface area contributed by atoms with Crippen molar-refractivity contribution in [1.82, 2.24) is 5.32 Å². The summed E-state index contributed by atoms with van der Waals surface area (Å²) in [5, 5.41) is 20.3. The molecule has 37 heavy (non-hydrogen) atoms. The summed E-state index contributed by atoms with van der Waals surface area (Å²) >= 11 is 0. The molecule has 3 aromatic carbocycles. The van der Waals surface area contributed by atoms with Gasteiger partial charge < -0.3 is 9.84 Å². The molecule has 2 atom stereocenters. The van der Waals surface area contributed by atoms with Crippen LogP contribution in [-0.4, -0.2) is 46.9 Å². The van der Waals surface area contributed by atoms with Crippen LogP contribution in [0.3, 0.4) is 0 Å². The van der Waals surface area contributed by atoms with E-state index in [1.165, 1.54) is 0 Å². The van der Waals surface area contributed by atoms with Crippen molar-refractivity contribution in [2.24, 2.45) is 10.2 Å². The summed E-state index contributed by atoms with van der Waals surface area (Å²) in [6.07, 6.45) is -0.967. The van der Waals surface area contributed by atoms with Gasteiger partial charge in [0.05, 0.1) is 19.2 Å². The molecule has 0 radical (unpaired) electrons. The highest BCUT2D eigenvalue weighted by molar-refractivity contribution is 5.94. The minimum absolute atomic E-state index is 0.00900. The molecule has 0 aromatic heterocycles. The highest BCUT2D eigenvalue weighted by Crippen LogP contribution is 2.23. The molecule has 2 N–H and O–H groups in total. The standard InChI is InChI=1S/C29H30N4O4/c1-20-18-33(3,28(32-31-20)30-29(36)37-21(2)24-7-5-4-6-8-24)19-23-11-15-26(16-12-23)25-13-9-22(10-14-25)17-27(34)35/h4-16,21H,17-19H2,1-3H3,(H-,30,32,34,35,36)/p+1. The number of rotatable bonds is 7. The smallest absolute Gasteiger partial charge is 0.417 e. The number of hydrogen-bond donors (Lipinski definition) is 2. The number of nitrogens with zero attached hydrogens (tertiary/aromatic N) is 3. The minimum Gasteiger partial charge on any atom is -0.481 e. The molecular weight excluding hydrogens is 468 g/mol. The van der Waals surface area contributed by atoms with Gasteiger partial charge in [-0.25, -0.2) is 10.1 Å². The van der Waals surface area contributed by atoms with Crippen LogP contribution in [0.4, 0.5) is 4.79 Å². The van der Waals surface area contributed by atoms with E-state index in [4.69, 9.17) is 9.84 Å². The monoisotopic (exact) mass is 499 g/mol. The van der Waals surface area contributed by atoms with E-state index in [0.29, 0.717) is 23.5 Å². The number of carbonyl (C=O) groups excluding carboxylic acids is 1. The molecule has 0 saturated heterocycles. The Morgan fingerprint density at radius 1 is 0.946 bits per heavy atom. The SMILES string of the molecule is CC1=NN=C(NC(=O)OC(C)c2ccccc2)[N+](C)(Cc2ccc(-c3ccc(CC(=O)O)cc3)cc2)C1. The van der Waals surface area contributed by atoms with Gasteiger partial charge >= 0.3 is 18.0 Å². The summed E-state index contributed by atoms with van der Waals surface area (Å²) in [5.41, 5.74) is 5.67. The van der Waals surface area contributed by atoms with Gasteiger partial charge in [-0.2, -0.15) is 0 Å². The van der Waals surface area contributed by atoms with E-state index < -0.39 is 18.2 Å². The molecule has 8 heteroatoms. The lowest BCUT2D eigenvalue weighted by Gasteiger charge is -2.35. The van der Waals surface area contributed by atoms with E-state index in [2.05, 4.69) is 27.7 Å². The first-order chi connectivity index (χ1) is 17.7. The quantitative estimate of drug-likeness (QED) is 0.439. The van der Waals surface area contributed by atoms with Crippen molar-refractivity contribution in [3.8, 4) is 11.1 Å². The van der Waals surface area contributed by atoms with Crippen molar-refractivity contribution >= 4 is 23.7 Å². The third kappa shape index (κ3) is 6.68. The minimum atomic E-state index is -0.844. The number of quaternary nitrogens is 1. The van der Waals surface area contributed by atoms with Gasteiger partial charge in [-0.05, 0) is 36.1 Å². The average Bonchev–Trinajstić information content (AvgIpc) is 2.87. The molecule has 0 aliphatic carbocycles. The molecule has 2 unspecified atom stereocenters. The number of hydrogen-bond acceptors (Lipinski definition) is 5. The third-order valence-electron chi connectivity index (χ3n) is 6.30. The zero-order chi connectivity index (χ0) is 26.4. The van der Waals surface area contributed by atoms with E-state index in [0.717, 1.165) is 33.5 Å². The largest absolute Gasteiger partial charge is 0.481 e. The summed E-state index contributed by atoms with van der Waals surface area (Å²) in [6.45, 7) is 4.94. The van der Waals surface area contributed by atoms with Crippen LogP contribution in [0.15, 0.2) is 89.1 Å². The third-order valence-corrected chi connectivity index (χ3v) is 6.30. The molecule has 1 aliphatic rings. The predicted molar refractivity (Wildman–Crippen MR) is 143 cm³/mol. The fraction of sp³-hybridized carbons (Fsp3) is 0.241. The van der Waals surface area contributed by atoms with Gasteiger partial charge in [-0.15, -0.1) is 5.10 Å². The molecule has 190 valence electrons. The number of ether oxygens (including phenoxy) is 1. The number of amides is 1. The molecule has 1 heterocycles. The van der Waals surface area contributed by atoms with Crippen LogP contribution in [0.1, 0.15) is 36.6 Å². The lowest BCUT2D eigenvalue weighted by atomic mass is 10.0. The fourth-order valence-corrected chi connectivity index (χ4v) is 4.41. The highest BCUT2D eigenvalue weighted by atomic mass is 16.6. The predicted octanol–water partition coefficient (Wildman–Crippen LogP) is 5.16. The van der Waals surface area contributed by atoms with Crippen LogP contribution >= 0.6 is 0 Å². The Kier molecular flexibility index (Phi) is 7.79. The average molecular weight is 500 g/mol. The van der Waals surface area contributed by atoms with Gasteiger partial charge in [0.2, 0.25) is 0 Å². The number of guanidine groups is 1. The van der Waals surface area contributed by atoms with Crippen molar-refractivity contribution in [1.29, 1.82) is 0 Å². The Labute approximate surface area is 216 Å². The van der Waals surface area contributed by atoms with Crippen molar-refractivity contribution in [3.05, 3.63) is 95.6 Å².